The summed E-state index contributed by atoms with van der Waals surface area (Å²) in [5, 5.41) is 3.36. The van der Waals surface area contributed by atoms with E-state index in [1.165, 1.54) is 23.5 Å². The number of anilines is 1. The first kappa shape index (κ1) is 23.1. The lowest BCUT2D eigenvalue weighted by atomic mass is 9.91. The van der Waals surface area contributed by atoms with Crippen molar-refractivity contribution >= 4 is 28.3 Å². The van der Waals surface area contributed by atoms with Crippen LogP contribution in [0, 0.1) is 18.3 Å². The molecular formula is C22H27F2N3O3S. The summed E-state index contributed by atoms with van der Waals surface area (Å²) < 4.78 is 29.0. The van der Waals surface area contributed by atoms with Gasteiger partial charge < -0.3 is 15.0 Å². The fourth-order valence-electron chi connectivity index (χ4n) is 3.57. The molecular weight excluding hydrogens is 424 g/mol. The first-order chi connectivity index (χ1) is 14.5. The highest BCUT2D eigenvalue weighted by Crippen LogP contribution is 2.32. The van der Waals surface area contributed by atoms with Crippen LogP contribution in [-0.4, -0.2) is 41.4 Å². The minimum atomic E-state index is -2.87. The summed E-state index contributed by atoms with van der Waals surface area (Å²) in [5.41, 5.74) is 0.947. The minimum Gasteiger partial charge on any atom is -0.435 e. The van der Waals surface area contributed by atoms with E-state index in [0.29, 0.717) is 23.9 Å². The van der Waals surface area contributed by atoms with Crippen molar-refractivity contribution in [3.05, 3.63) is 29.1 Å². The van der Waals surface area contributed by atoms with Crippen molar-refractivity contribution in [3.8, 4) is 17.0 Å². The predicted molar refractivity (Wildman–Crippen MR) is 116 cm³/mol. The van der Waals surface area contributed by atoms with E-state index in [0.717, 1.165) is 23.3 Å². The Kier molecular flexibility index (Phi) is 6.93. The van der Waals surface area contributed by atoms with Gasteiger partial charge in [0.2, 0.25) is 11.8 Å². The first-order valence-corrected chi connectivity index (χ1v) is 11.0. The Bertz CT molecular complexity index is 938. The summed E-state index contributed by atoms with van der Waals surface area (Å²) in [7, 11) is 0. The average Bonchev–Trinajstić information content (AvgIpc) is 3.07. The summed E-state index contributed by atoms with van der Waals surface area (Å²) >= 11 is 1.35. The molecule has 1 fully saturated rings. The number of aryl methyl sites for hydroxylation is 1. The number of carbonyl (C=O) groups is 2. The standard InChI is InChI=1S/C22H27F2N3O3S/c1-13-17(14-7-9-16(10-8-14)30-20(23)24)25-21(31-13)26-18(28)15-6-5-11-27(12-15)19(29)22(2,3)4/h7-10,15,20H,5-6,11-12H2,1-4H3,(H,25,26,28). The van der Waals surface area contributed by atoms with Crippen LogP contribution in [0.3, 0.4) is 0 Å². The van der Waals surface area contributed by atoms with Crippen molar-refractivity contribution < 1.29 is 23.1 Å². The number of likely N-dealkylation sites (tertiary alicyclic amines) is 1. The number of halogens is 2. The molecule has 2 aromatic rings. The van der Waals surface area contributed by atoms with Crippen LogP contribution < -0.4 is 10.1 Å². The molecule has 1 N–H and O–H groups in total. The molecule has 2 heterocycles. The van der Waals surface area contributed by atoms with Crippen molar-refractivity contribution in [2.75, 3.05) is 18.4 Å². The minimum absolute atomic E-state index is 0.0525. The number of rotatable bonds is 5. The second-order valence-electron chi connectivity index (χ2n) is 8.66. The Morgan fingerprint density at radius 3 is 2.55 bits per heavy atom. The number of thiazole rings is 1. The predicted octanol–water partition coefficient (Wildman–Crippen LogP) is 4.94. The topological polar surface area (TPSA) is 71.5 Å². The van der Waals surface area contributed by atoms with Crippen LogP contribution in [0.4, 0.5) is 13.9 Å². The average molecular weight is 452 g/mol. The fourth-order valence-corrected chi connectivity index (χ4v) is 4.41. The van der Waals surface area contributed by atoms with Gasteiger partial charge in [0.15, 0.2) is 5.13 Å². The lowest BCUT2D eigenvalue weighted by Crippen LogP contribution is -2.47. The number of hydrogen-bond donors (Lipinski definition) is 1. The Morgan fingerprint density at radius 2 is 1.94 bits per heavy atom. The molecule has 31 heavy (non-hydrogen) atoms. The maximum absolute atomic E-state index is 12.8. The number of piperidine rings is 1. The van der Waals surface area contributed by atoms with Crippen LogP contribution in [0.25, 0.3) is 11.3 Å². The number of ether oxygens (including phenoxy) is 1. The van der Waals surface area contributed by atoms with Crippen molar-refractivity contribution in [3.63, 3.8) is 0 Å². The molecule has 0 spiro atoms. The number of alkyl halides is 2. The van der Waals surface area contributed by atoms with E-state index in [4.69, 9.17) is 0 Å². The lowest BCUT2D eigenvalue weighted by Gasteiger charge is -2.35. The molecule has 0 saturated carbocycles. The van der Waals surface area contributed by atoms with E-state index in [2.05, 4.69) is 15.0 Å². The van der Waals surface area contributed by atoms with Crippen molar-refractivity contribution in [1.29, 1.82) is 0 Å². The van der Waals surface area contributed by atoms with Crippen LogP contribution in [0.2, 0.25) is 0 Å². The number of benzene rings is 1. The zero-order chi connectivity index (χ0) is 22.8. The zero-order valence-corrected chi connectivity index (χ0v) is 18.9. The van der Waals surface area contributed by atoms with Crippen molar-refractivity contribution in [2.45, 2.75) is 47.1 Å². The molecule has 3 rings (SSSR count). The third kappa shape index (κ3) is 5.78. The molecule has 0 aliphatic carbocycles. The van der Waals surface area contributed by atoms with Gasteiger partial charge in [-0.05, 0) is 44.0 Å². The number of aromatic nitrogens is 1. The maximum atomic E-state index is 12.8. The Balaban J connectivity index is 1.67. The molecule has 0 radical (unpaired) electrons. The van der Waals surface area contributed by atoms with Crippen molar-refractivity contribution in [1.82, 2.24) is 9.88 Å². The summed E-state index contributed by atoms with van der Waals surface area (Å²) in [4.78, 5) is 32.6. The van der Waals surface area contributed by atoms with E-state index in [-0.39, 0.29) is 23.5 Å². The molecule has 1 aliphatic rings. The van der Waals surface area contributed by atoms with Gasteiger partial charge in [-0.2, -0.15) is 8.78 Å². The van der Waals surface area contributed by atoms with Crippen LogP contribution in [0.1, 0.15) is 38.5 Å². The molecule has 1 unspecified atom stereocenters. The molecule has 1 atom stereocenters. The van der Waals surface area contributed by atoms with Crippen molar-refractivity contribution in [2.24, 2.45) is 11.3 Å². The molecule has 1 saturated heterocycles. The SMILES string of the molecule is Cc1sc(NC(=O)C2CCCN(C(=O)C(C)(C)C)C2)nc1-c1ccc(OC(F)F)cc1. The third-order valence-electron chi connectivity index (χ3n) is 5.10. The number of nitrogens with zero attached hydrogens (tertiary/aromatic N) is 2. The van der Waals surface area contributed by atoms with Gasteiger partial charge in [0.25, 0.3) is 0 Å². The summed E-state index contributed by atoms with van der Waals surface area (Å²) in [6.45, 7) is 5.73. The summed E-state index contributed by atoms with van der Waals surface area (Å²) in [5.74, 6) is -0.297. The number of nitrogens with one attached hydrogen (secondary N) is 1. The molecule has 1 aromatic carbocycles. The Hall–Kier alpha value is -2.55. The molecule has 168 valence electrons. The fraction of sp³-hybridized carbons (Fsp3) is 0.500. The Labute approximate surface area is 184 Å². The van der Waals surface area contributed by atoms with Gasteiger partial charge in [0, 0.05) is 28.9 Å². The van der Waals surface area contributed by atoms with Gasteiger partial charge in [0.1, 0.15) is 5.75 Å². The number of carbonyl (C=O) groups excluding carboxylic acids is 2. The van der Waals surface area contributed by atoms with E-state index in [1.54, 1.807) is 17.0 Å². The highest BCUT2D eigenvalue weighted by atomic mass is 32.1. The monoisotopic (exact) mass is 451 g/mol. The van der Waals surface area contributed by atoms with Crippen LogP contribution in [0.15, 0.2) is 24.3 Å². The third-order valence-corrected chi connectivity index (χ3v) is 5.99. The lowest BCUT2D eigenvalue weighted by molar-refractivity contribution is -0.142. The highest BCUT2D eigenvalue weighted by Gasteiger charge is 2.33. The van der Waals surface area contributed by atoms with Gasteiger partial charge in [-0.3, -0.25) is 9.59 Å². The van der Waals surface area contributed by atoms with E-state index < -0.39 is 12.0 Å². The van der Waals surface area contributed by atoms with E-state index in [1.807, 2.05) is 27.7 Å². The van der Waals surface area contributed by atoms with Gasteiger partial charge in [-0.15, -0.1) is 11.3 Å². The second-order valence-corrected chi connectivity index (χ2v) is 9.86. The second kappa shape index (κ2) is 9.30. The van der Waals surface area contributed by atoms with Gasteiger partial charge in [0.05, 0.1) is 11.6 Å². The molecule has 6 nitrogen and oxygen atoms in total. The molecule has 9 heteroatoms. The number of amides is 2. The van der Waals surface area contributed by atoms with Gasteiger partial charge in [-0.1, -0.05) is 20.8 Å². The molecule has 1 aliphatic heterocycles. The van der Waals surface area contributed by atoms with Crippen LogP contribution in [0.5, 0.6) is 5.75 Å². The van der Waals surface area contributed by atoms with E-state index in [9.17, 15) is 18.4 Å². The quantitative estimate of drug-likeness (QED) is 0.699. The summed E-state index contributed by atoms with van der Waals surface area (Å²) in [6.07, 6.45) is 1.51. The Morgan fingerprint density at radius 1 is 1.26 bits per heavy atom. The molecule has 0 bridgehead atoms. The maximum Gasteiger partial charge on any atom is 0.387 e. The van der Waals surface area contributed by atoms with Gasteiger partial charge in [-0.25, -0.2) is 4.98 Å². The first-order valence-electron chi connectivity index (χ1n) is 10.2. The van der Waals surface area contributed by atoms with Gasteiger partial charge >= 0.3 is 6.61 Å². The molecule has 2 amide bonds. The molecule has 1 aromatic heterocycles. The smallest absolute Gasteiger partial charge is 0.387 e. The number of hydrogen-bond acceptors (Lipinski definition) is 5. The zero-order valence-electron chi connectivity index (χ0n) is 18.1. The van der Waals surface area contributed by atoms with E-state index >= 15 is 0 Å². The van der Waals surface area contributed by atoms with Crippen LogP contribution >= 0.6 is 11.3 Å². The largest absolute Gasteiger partial charge is 0.435 e. The van der Waals surface area contributed by atoms with Crippen LogP contribution in [-0.2, 0) is 9.59 Å². The highest BCUT2D eigenvalue weighted by molar-refractivity contribution is 7.16. The summed E-state index contributed by atoms with van der Waals surface area (Å²) in [6, 6.07) is 6.23. The normalized spacial score (nSPS) is 17.0.